The van der Waals surface area contributed by atoms with Crippen molar-refractivity contribution < 1.29 is 14.3 Å². The van der Waals surface area contributed by atoms with Gasteiger partial charge in [-0.2, -0.15) is 0 Å². The number of nitrogens with one attached hydrogen (secondary N) is 1. The molecule has 1 aromatic carbocycles. The van der Waals surface area contributed by atoms with E-state index in [9.17, 15) is 9.59 Å². The first-order valence-electron chi connectivity index (χ1n) is 8.61. The van der Waals surface area contributed by atoms with Crippen LogP contribution in [0.3, 0.4) is 0 Å². The lowest BCUT2D eigenvalue weighted by Gasteiger charge is -2.29. The molecule has 0 bridgehead atoms. The maximum Gasteiger partial charge on any atom is 0.358 e. The number of nitrogens with zero attached hydrogens (tertiary/aromatic N) is 1. The molecule has 2 aromatic rings. The van der Waals surface area contributed by atoms with E-state index in [1.54, 1.807) is 5.38 Å². The number of ether oxygens (including phenoxy) is 1. The molecular weight excluding hydrogens is 336 g/mol. The van der Waals surface area contributed by atoms with Crippen molar-refractivity contribution in [1.29, 1.82) is 0 Å². The second-order valence-corrected chi connectivity index (χ2v) is 7.27. The summed E-state index contributed by atoms with van der Waals surface area (Å²) in [6, 6.07) is 9.83. The molecule has 25 heavy (non-hydrogen) atoms. The average molecular weight is 358 g/mol. The van der Waals surface area contributed by atoms with Crippen LogP contribution in [0.1, 0.15) is 43.1 Å². The molecule has 1 heterocycles. The molecule has 1 fully saturated rings. The highest BCUT2D eigenvalue weighted by Crippen LogP contribution is 2.24. The Morgan fingerprint density at radius 3 is 2.76 bits per heavy atom. The Labute approximate surface area is 151 Å². The highest BCUT2D eigenvalue weighted by atomic mass is 32.1. The van der Waals surface area contributed by atoms with Crippen LogP contribution in [-0.4, -0.2) is 29.5 Å². The zero-order valence-corrected chi connectivity index (χ0v) is 15.1. The minimum absolute atomic E-state index is 0.184. The fraction of sp³-hybridized carbons (Fsp3) is 0.421. The van der Waals surface area contributed by atoms with E-state index < -0.39 is 5.97 Å². The lowest BCUT2D eigenvalue weighted by Crippen LogP contribution is -2.42. The maximum absolute atomic E-state index is 12.1. The fourth-order valence-corrected chi connectivity index (χ4v) is 3.86. The standard InChI is InChI=1S/C19H22N2O3S/c1-13-7-5-6-10-15(13)20-17(22)11-24-19(23)16-12-25-18(21-16)14-8-3-2-4-9-14/h2-4,8-9,12-13,15H,5-7,10-11H2,1H3,(H,20,22)/t13-,15+/m0/s1. The first-order chi connectivity index (χ1) is 12.1. The zero-order chi connectivity index (χ0) is 17.6. The van der Waals surface area contributed by atoms with Crippen molar-refractivity contribution in [3.05, 3.63) is 41.4 Å². The van der Waals surface area contributed by atoms with Crippen molar-refractivity contribution >= 4 is 23.2 Å². The van der Waals surface area contributed by atoms with E-state index in [-0.39, 0.29) is 24.2 Å². The smallest absolute Gasteiger partial charge is 0.358 e. The van der Waals surface area contributed by atoms with Gasteiger partial charge in [-0.1, -0.05) is 50.1 Å². The molecule has 0 radical (unpaired) electrons. The Morgan fingerprint density at radius 1 is 1.24 bits per heavy atom. The maximum atomic E-state index is 12.1. The number of benzene rings is 1. The lowest BCUT2D eigenvalue weighted by atomic mass is 9.86. The molecule has 1 aliphatic carbocycles. The van der Waals surface area contributed by atoms with Crippen LogP contribution in [0.2, 0.25) is 0 Å². The molecule has 1 saturated carbocycles. The average Bonchev–Trinajstić information content (AvgIpc) is 3.13. The molecule has 5 nitrogen and oxygen atoms in total. The summed E-state index contributed by atoms with van der Waals surface area (Å²) in [7, 11) is 0. The van der Waals surface area contributed by atoms with Crippen LogP contribution in [0.5, 0.6) is 0 Å². The molecular formula is C19H22N2O3S. The molecule has 0 unspecified atom stereocenters. The molecule has 3 rings (SSSR count). The van der Waals surface area contributed by atoms with Crippen molar-refractivity contribution in [2.75, 3.05) is 6.61 Å². The van der Waals surface area contributed by atoms with E-state index in [2.05, 4.69) is 17.2 Å². The van der Waals surface area contributed by atoms with E-state index in [0.717, 1.165) is 29.8 Å². The summed E-state index contributed by atoms with van der Waals surface area (Å²) in [5, 5.41) is 5.39. The predicted molar refractivity (Wildman–Crippen MR) is 97.4 cm³/mol. The number of carbonyl (C=O) groups is 2. The molecule has 0 spiro atoms. The van der Waals surface area contributed by atoms with Crippen molar-refractivity contribution in [2.45, 2.75) is 38.6 Å². The van der Waals surface area contributed by atoms with E-state index in [4.69, 9.17) is 4.74 Å². The van der Waals surface area contributed by atoms with Gasteiger partial charge < -0.3 is 10.1 Å². The van der Waals surface area contributed by atoms with Crippen LogP contribution >= 0.6 is 11.3 Å². The molecule has 2 atom stereocenters. The minimum Gasteiger partial charge on any atom is -0.451 e. The van der Waals surface area contributed by atoms with Crippen molar-refractivity contribution in [3.8, 4) is 10.6 Å². The summed E-state index contributed by atoms with van der Waals surface area (Å²) < 4.78 is 5.11. The molecule has 0 saturated heterocycles. The Balaban J connectivity index is 1.51. The van der Waals surface area contributed by atoms with Crippen LogP contribution in [0.15, 0.2) is 35.7 Å². The van der Waals surface area contributed by atoms with Crippen molar-refractivity contribution in [2.24, 2.45) is 5.92 Å². The second kappa shape index (κ2) is 8.25. The summed E-state index contributed by atoms with van der Waals surface area (Å²) in [5.74, 6) is -0.337. The Bertz CT molecular complexity index is 729. The monoisotopic (exact) mass is 358 g/mol. The van der Waals surface area contributed by atoms with Crippen LogP contribution < -0.4 is 5.32 Å². The number of aromatic nitrogens is 1. The topological polar surface area (TPSA) is 68.3 Å². The van der Waals surface area contributed by atoms with Gasteiger partial charge in [0.1, 0.15) is 5.01 Å². The molecule has 1 amide bonds. The number of amides is 1. The second-order valence-electron chi connectivity index (χ2n) is 6.42. The summed E-state index contributed by atoms with van der Waals surface area (Å²) in [6.45, 7) is 1.89. The number of rotatable bonds is 5. The van der Waals surface area contributed by atoms with Gasteiger partial charge in [-0.25, -0.2) is 9.78 Å². The lowest BCUT2D eigenvalue weighted by molar-refractivity contribution is -0.125. The largest absolute Gasteiger partial charge is 0.451 e. The third-order valence-corrected chi connectivity index (χ3v) is 5.42. The SMILES string of the molecule is C[C@H]1CCCC[C@H]1NC(=O)COC(=O)c1csc(-c2ccccc2)n1. The first-order valence-corrected chi connectivity index (χ1v) is 9.49. The summed E-state index contributed by atoms with van der Waals surface area (Å²) in [5.41, 5.74) is 1.19. The quantitative estimate of drug-likeness (QED) is 0.828. The number of hydrogen-bond acceptors (Lipinski definition) is 5. The number of hydrogen-bond donors (Lipinski definition) is 1. The minimum atomic E-state index is -0.565. The van der Waals surface area contributed by atoms with Crippen LogP contribution in [0.4, 0.5) is 0 Å². The van der Waals surface area contributed by atoms with Gasteiger partial charge in [0, 0.05) is 17.0 Å². The van der Waals surface area contributed by atoms with Gasteiger partial charge in [0.25, 0.3) is 5.91 Å². The Kier molecular flexibility index (Phi) is 5.81. The molecule has 132 valence electrons. The van der Waals surface area contributed by atoms with Crippen LogP contribution in [0.25, 0.3) is 10.6 Å². The van der Waals surface area contributed by atoms with E-state index in [1.807, 2.05) is 30.3 Å². The Hall–Kier alpha value is -2.21. The number of thiazole rings is 1. The van der Waals surface area contributed by atoms with Crippen LogP contribution in [0, 0.1) is 5.92 Å². The third-order valence-electron chi connectivity index (χ3n) is 4.53. The van der Waals surface area contributed by atoms with Gasteiger partial charge in [0.2, 0.25) is 0 Å². The predicted octanol–water partition coefficient (Wildman–Crippen LogP) is 3.66. The summed E-state index contributed by atoms with van der Waals surface area (Å²) in [4.78, 5) is 28.4. The third kappa shape index (κ3) is 4.66. The molecule has 1 aliphatic rings. The molecule has 0 aliphatic heterocycles. The van der Waals surface area contributed by atoms with Gasteiger partial charge >= 0.3 is 5.97 Å². The first kappa shape index (κ1) is 17.6. The van der Waals surface area contributed by atoms with E-state index in [1.165, 1.54) is 17.8 Å². The molecule has 6 heteroatoms. The van der Waals surface area contributed by atoms with Crippen molar-refractivity contribution in [1.82, 2.24) is 10.3 Å². The van der Waals surface area contributed by atoms with Gasteiger partial charge in [-0.3, -0.25) is 4.79 Å². The highest BCUT2D eigenvalue weighted by Gasteiger charge is 2.23. The van der Waals surface area contributed by atoms with E-state index in [0.29, 0.717) is 5.92 Å². The number of esters is 1. The highest BCUT2D eigenvalue weighted by molar-refractivity contribution is 7.13. The van der Waals surface area contributed by atoms with Gasteiger partial charge in [0.15, 0.2) is 12.3 Å². The van der Waals surface area contributed by atoms with Gasteiger partial charge in [-0.15, -0.1) is 11.3 Å². The van der Waals surface area contributed by atoms with Crippen LogP contribution in [-0.2, 0) is 9.53 Å². The zero-order valence-electron chi connectivity index (χ0n) is 14.2. The molecule has 1 aromatic heterocycles. The normalized spacial score (nSPS) is 20.0. The van der Waals surface area contributed by atoms with Gasteiger partial charge in [0.05, 0.1) is 0 Å². The molecule has 1 N–H and O–H groups in total. The Morgan fingerprint density at radius 2 is 2.00 bits per heavy atom. The summed E-state index contributed by atoms with van der Waals surface area (Å²) >= 11 is 1.38. The fourth-order valence-electron chi connectivity index (χ4n) is 3.06. The number of carbonyl (C=O) groups excluding carboxylic acids is 2. The van der Waals surface area contributed by atoms with Gasteiger partial charge in [-0.05, 0) is 18.8 Å². The van der Waals surface area contributed by atoms with Crippen molar-refractivity contribution in [3.63, 3.8) is 0 Å². The summed E-state index contributed by atoms with van der Waals surface area (Å²) in [6.07, 6.45) is 4.48. The van der Waals surface area contributed by atoms with E-state index >= 15 is 0 Å².